The first-order valence-electron chi connectivity index (χ1n) is 5.79. The third kappa shape index (κ3) is 2.37. The van der Waals surface area contributed by atoms with E-state index in [9.17, 15) is 4.79 Å². The van der Waals surface area contributed by atoms with E-state index >= 15 is 0 Å². The standard InChI is InChI=1S/C15H16O2/c1-10(2)12-5-3-11-4-6-13(15(17)9-16)8-14(11)7-12/h3-8,10,16H,9H2,1-2H3. The second-order valence-electron chi connectivity index (χ2n) is 4.56. The van der Waals surface area contributed by atoms with Crippen LogP contribution >= 0.6 is 0 Å². The first-order valence-corrected chi connectivity index (χ1v) is 5.79. The van der Waals surface area contributed by atoms with E-state index in [-0.39, 0.29) is 5.78 Å². The summed E-state index contributed by atoms with van der Waals surface area (Å²) in [6.07, 6.45) is 0. The normalized spacial score (nSPS) is 11.1. The molecule has 0 atom stereocenters. The predicted molar refractivity (Wildman–Crippen MR) is 69.5 cm³/mol. The van der Waals surface area contributed by atoms with E-state index in [1.165, 1.54) is 5.56 Å². The van der Waals surface area contributed by atoms with Gasteiger partial charge in [0.05, 0.1) is 0 Å². The Bertz CT molecular complexity index is 556. The summed E-state index contributed by atoms with van der Waals surface area (Å²) >= 11 is 0. The highest BCUT2D eigenvalue weighted by Crippen LogP contribution is 2.22. The third-order valence-corrected chi connectivity index (χ3v) is 3.00. The molecular formula is C15H16O2. The number of aliphatic hydroxyl groups is 1. The lowest BCUT2D eigenvalue weighted by atomic mass is 9.97. The number of ketones is 1. The molecule has 2 rings (SSSR count). The molecule has 0 aliphatic carbocycles. The van der Waals surface area contributed by atoms with Crippen molar-refractivity contribution < 1.29 is 9.90 Å². The Morgan fingerprint density at radius 2 is 1.82 bits per heavy atom. The maximum absolute atomic E-state index is 11.4. The van der Waals surface area contributed by atoms with E-state index in [2.05, 4.69) is 32.0 Å². The van der Waals surface area contributed by atoms with Crippen LogP contribution in [0, 0.1) is 0 Å². The van der Waals surface area contributed by atoms with E-state index in [0.717, 1.165) is 10.8 Å². The molecule has 0 aliphatic heterocycles. The molecule has 0 saturated carbocycles. The second kappa shape index (κ2) is 4.68. The van der Waals surface area contributed by atoms with Crippen molar-refractivity contribution in [1.29, 1.82) is 0 Å². The largest absolute Gasteiger partial charge is 0.388 e. The van der Waals surface area contributed by atoms with Gasteiger partial charge in [-0.15, -0.1) is 0 Å². The molecule has 0 aromatic heterocycles. The quantitative estimate of drug-likeness (QED) is 0.819. The lowest BCUT2D eigenvalue weighted by Gasteiger charge is -2.07. The summed E-state index contributed by atoms with van der Waals surface area (Å²) < 4.78 is 0. The highest BCUT2D eigenvalue weighted by atomic mass is 16.3. The smallest absolute Gasteiger partial charge is 0.188 e. The minimum absolute atomic E-state index is 0.234. The molecule has 88 valence electrons. The molecular weight excluding hydrogens is 212 g/mol. The van der Waals surface area contributed by atoms with Crippen molar-refractivity contribution in [3.05, 3.63) is 47.5 Å². The summed E-state index contributed by atoms with van der Waals surface area (Å²) in [4.78, 5) is 11.4. The summed E-state index contributed by atoms with van der Waals surface area (Å²) in [6.45, 7) is 3.85. The minimum Gasteiger partial charge on any atom is -0.388 e. The molecule has 0 aliphatic rings. The molecule has 1 N–H and O–H groups in total. The van der Waals surface area contributed by atoms with Crippen molar-refractivity contribution in [2.24, 2.45) is 0 Å². The van der Waals surface area contributed by atoms with Crippen LogP contribution in [0.15, 0.2) is 36.4 Å². The molecule has 2 aromatic carbocycles. The van der Waals surface area contributed by atoms with Gasteiger partial charge < -0.3 is 5.11 Å². The Kier molecular flexibility index (Phi) is 3.25. The van der Waals surface area contributed by atoms with Gasteiger partial charge in [0.15, 0.2) is 5.78 Å². The van der Waals surface area contributed by atoms with Crippen molar-refractivity contribution in [2.75, 3.05) is 6.61 Å². The zero-order valence-electron chi connectivity index (χ0n) is 10.1. The molecule has 0 saturated heterocycles. The number of benzene rings is 2. The van der Waals surface area contributed by atoms with E-state index in [0.29, 0.717) is 11.5 Å². The molecule has 0 unspecified atom stereocenters. The Balaban J connectivity index is 2.54. The minimum atomic E-state index is -0.435. The number of hydrogen-bond donors (Lipinski definition) is 1. The topological polar surface area (TPSA) is 37.3 Å². The number of aliphatic hydroxyl groups excluding tert-OH is 1. The van der Waals surface area contributed by atoms with Crippen molar-refractivity contribution in [2.45, 2.75) is 19.8 Å². The summed E-state index contributed by atoms with van der Waals surface area (Å²) in [7, 11) is 0. The lowest BCUT2D eigenvalue weighted by Crippen LogP contribution is -2.03. The van der Waals surface area contributed by atoms with Gasteiger partial charge in [-0.2, -0.15) is 0 Å². The SMILES string of the molecule is CC(C)c1ccc2ccc(C(=O)CO)cc2c1. The van der Waals surface area contributed by atoms with Crippen LogP contribution in [0.25, 0.3) is 10.8 Å². The Morgan fingerprint density at radius 1 is 1.12 bits per heavy atom. The molecule has 2 aromatic rings. The molecule has 0 fully saturated rings. The lowest BCUT2D eigenvalue weighted by molar-refractivity contribution is 0.0904. The number of hydrogen-bond acceptors (Lipinski definition) is 2. The van der Waals surface area contributed by atoms with Crippen LogP contribution in [0.2, 0.25) is 0 Å². The Hall–Kier alpha value is -1.67. The molecule has 2 nitrogen and oxygen atoms in total. The average molecular weight is 228 g/mol. The summed E-state index contributed by atoms with van der Waals surface area (Å²) in [6, 6.07) is 11.8. The number of rotatable bonds is 3. The Morgan fingerprint density at radius 3 is 2.47 bits per heavy atom. The highest BCUT2D eigenvalue weighted by Gasteiger charge is 2.06. The van der Waals surface area contributed by atoms with Crippen LogP contribution in [-0.4, -0.2) is 17.5 Å². The summed E-state index contributed by atoms with van der Waals surface area (Å²) in [5.74, 6) is 0.235. The van der Waals surface area contributed by atoms with Crippen LogP contribution in [0.4, 0.5) is 0 Å². The third-order valence-electron chi connectivity index (χ3n) is 3.00. The van der Waals surface area contributed by atoms with Gasteiger partial charge in [0.1, 0.15) is 6.61 Å². The van der Waals surface area contributed by atoms with E-state index in [1.807, 2.05) is 12.1 Å². The van der Waals surface area contributed by atoms with E-state index in [4.69, 9.17) is 5.11 Å². The van der Waals surface area contributed by atoms with Crippen LogP contribution in [0.5, 0.6) is 0 Å². The predicted octanol–water partition coefficient (Wildman–Crippen LogP) is 3.14. The number of carbonyl (C=O) groups is 1. The van der Waals surface area contributed by atoms with Crippen LogP contribution in [-0.2, 0) is 0 Å². The second-order valence-corrected chi connectivity index (χ2v) is 4.56. The van der Waals surface area contributed by atoms with Crippen LogP contribution in [0.3, 0.4) is 0 Å². The molecule has 2 heteroatoms. The van der Waals surface area contributed by atoms with Gasteiger partial charge in [0.2, 0.25) is 0 Å². The maximum atomic E-state index is 11.4. The number of fused-ring (bicyclic) bond motifs is 1. The first-order chi connectivity index (χ1) is 8.11. The molecule has 0 amide bonds. The van der Waals surface area contributed by atoms with Crippen molar-refractivity contribution in [3.8, 4) is 0 Å². The molecule has 0 heterocycles. The van der Waals surface area contributed by atoms with Crippen LogP contribution < -0.4 is 0 Å². The van der Waals surface area contributed by atoms with Gasteiger partial charge in [-0.3, -0.25) is 4.79 Å². The highest BCUT2D eigenvalue weighted by molar-refractivity contribution is 6.00. The fraction of sp³-hybridized carbons (Fsp3) is 0.267. The molecule has 17 heavy (non-hydrogen) atoms. The van der Waals surface area contributed by atoms with Crippen LogP contribution in [0.1, 0.15) is 35.7 Å². The first kappa shape index (κ1) is 11.8. The van der Waals surface area contributed by atoms with Gasteiger partial charge in [-0.1, -0.05) is 44.2 Å². The zero-order chi connectivity index (χ0) is 12.4. The van der Waals surface area contributed by atoms with E-state index < -0.39 is 6.61 Å². The van der Waals surface area contributed by atoms with Crippen molar-refractivity contribution in [3.63, 3.8) is 0 Å². The number of Topliss-reactive ketones (excluding diaryl/α,β-unsaturated/α-hetero) is 1. The molecule has 0 radical (unpaired) electrons. The van der Waals surface area contributed by atoms with Gasteiger partial charge in [-0.25, -0.2) is 0 Å². The molecule has 0 spiro atoms. The van der Waals surface area contributed by atoms with Gasteiger partial charge in [0.25, 0.3) is 0 Å². The fourth-order valence-corrected chi connectivity index (χ4v) is 1.89. The summed E-state index contributed by atoms with van der Waals surface area (Å²) in [5.41, 5.74) is 1.83. The van der Waals surface area contributed by atoms with E-state index in [1.54, 1.807) is 6.07 Å². The monoisotopic (exact) mass is 228 g/mol. The maximum Gasteiger partial charge on any atom is 0.188 e. The Labute approximate surface area is 101 Å². The molecule has 0 bridgehead atoms. The zero-order valence-corrected chi connectivity index (χ0v) is 10.1. The van der Waals surface area contributed by atoms with Gasteiger partial charge in [-0.05, 0) is 28.3 Å². The summed E-state index contributed by atoms with van der Waals surface area (Å²) in [5, 5.41) is 11.0. The van der Waals surface area contributed by atoms with Crippen molar-refractivity contribution in [1.82, 2.24) is 0 Å². The van der Waals surface area contributed by atoms with Crippen molar-refractivity contribution >= 4 is 16.6 Å². The van der Waals surface area contributed by atoms with Gasteiger partial charge in [0, 0.05) is 5.56 Å². The van der Waals surface area contributed by atoms with Gasteiger partial charge >= 0.3 is 0 Å². The number of carbonyl (C=O) groups excluding carboxylic acids is 1. The fourth-order valence-electron chi connectivity index (χ4n) is 1.89. The average Bonchev–Trinajstić information content (AvgIpc) is 2.36.